The predicted molar refractivity (Wildman–Crippen MR) is 153 cm³/mol. The average molecular weight is 580 g/mol. The van der Waals surface area contributed by atoms with Crippen molar-refractivity contribution in [1.29, 1.82) is 0 Å². The van der Waals surface area contributed by atoms with Gasteiger partial charge in [0.1, 0.15) is 18.4 Å². The van der Waals surface area contributed by atoms with Gasteiger partial charge in [0, 0.05) is 10.8 Å². The second-order valence-corrected chi connectivity index (χ2v) is 12.8. The van der Waals surface area contributed by atoms with Gasteiger partial charge in [0.2, 0.25) is 0 Å². The molecular weight excluding hydrogens is 543 g/mol. The van der Waals surface area contributed by atoms with Gasteiger partial charge < -0.3 is 14.8 Å². The van der Waals surface area contributed by atoms with Crippen LogP contribution in [0.3, 0.4) is 0 Å². The zero-order valence-corrected chi connectivity index (χ0v) is 23.9. The van der Waals surface area contributed by atoms with E-state index in [9.17, 15) is 22.8 Å². The lowest BCUT2D eigenvalue weighted by atomic mass is 9.47. The first-order valence-electron chi connectivity index (χ1n) is 14.8. The van der Waals surface area contributed by atoms with E-state index in [1.165, 1.54) is 31.4 Å². The Morgan fingerprint density at radius 3 is 2.12 bits per heavy atom. The smallest absolute Gasteiger partial charge is 0.416 e. The second-order valence-electron chi connectivity index (χ2n) is 12.8. The molecule has 3 aromatic carbocycles. The summed E-state index contributed by atoms with van der Waals surface area (Å²) in [5.41, 5.74) is -0.253. The molecule has 4 aliphatic rings. The lowest BCUT2D eigenvalue weighted by Crippen LogP contribution is -2.60. The molecule has 1 amide bonds. The molecule has 4 saturated carbocycles. The quantitative estimate of drug-likeness (QED) is 0.278. The molecule has 4 aliphatic carbocycles. The summed E-state index contributed by atoms with van der Waals surface area (Å²) in [7, 11) is 0. The van der Waals surface area contributed by atoms with Gasteiger partial charge >= 0.3 is 12.1 Å². The molecule has 8 heteroatoms. The summed E-state index contributed by atoms with van der Waals surface area (Å²) >= 11 is 0. The summed E-state index contributed by atoms with van der Waals surface area (Å²) in [6.07, 6.45) is 1.59. The molecule has 0 heterocycles. The van der Waals surface area contributed by atoms with Crippen molar-refractivity contribution < 1.29 is 32.2 Å². The number of nitrogens with one attached hydrogen (secondary N) is 1. The topological polar surface area (TPSA) is 64.6 Å². The van der Waals surface area contributed by atoms with Gasteiger partial charge in [-0.25, -0.2) is 4.79 Å². The third-order valence-corrected chi connectivity index (χ3v) is 9.35. The van der Waals surface area contributed by atoms with E-state index in [0.29, 0.717) is 34.5 Å². The molecule has 0 spiro atoms. The molecule has 1 N–H and O–H groups in total. The Balaban J connectivity index is 1.31. The van der Waals surface area contributed by atoms with E-state index in [2.05, 4.69) is 5.32 Å². The summed E-state index contributed by atoms with van der Waals surface area (Å²) < 4.78 is 51.0. The predicted octanol–water partition coefficient (Wildman–Crippen LogP) is 7.70. The van der Waals surface area contributed by atoms with E-state index in [4.69, 9.17) is 9.47 Å². The molecule has 4 bridgehead atoms. The van der Waals surface area contributed by atoms with E-state index in [1.54, 1.807) is 6.07 Å². The lowest BCUT2D eigenvalue weighted by molar-refractivity contribution is -0.161. The Morgan fingerprint density at radius 1 is 0.905 bits per heavy atom. The van der Waals surface area contributed by atoms with E-state index in [1.807, 2.05) is 44.2 Å². The van der Waals surface area contributed by atoms with Crippen LogP contribution in [-0.2, 0) is 22.3 Å². The van der Waals surface area contributed by atoms with Crippen molar-refractivity contribution in [2.45, 2.75) is 77.3 Å². The average Bonchev–Trinajstić information content (AvgIpc) is 2.93. The number of halogens is 3. The summed E-state index contributed by atoms with van der Waals surface area (Å²) in [5.74, 6) is 1.23. The van der Waals surface area contributed by atoms with Crippen LogP contribution < -0.4 is 10.1 Å². The van der Waals surface area contributed by atoms with Crippen LogP contribution in [0.15, 0.2) is 60.7 Å². The normalized spacial score (nSPS) is 25.4. The van der Waals surface area contributed by atoms with Gasteiger partial charge in [-0.3, -0.25) is 4.79 Å². The maximum absolute atomic E-state index is 14.0. The Hall–Kier alpha value is -3.55. The number of fused-ring (bicyclic) bond motifs is 1. The number of hydrogen-bond donors (Lipinski definition) is 1. The van der Waals surface area contributed by atoms with Crippen molar-refractivity contribution in [3.8, 4) is 5.75 Å². The van der Waals surface area contributed by atoms with E-state index >= 15 is 0 Å². The minimum atomic E-state index is -4.43. The Bertz CT molecular complexity index is 1450. The lowest BCUT2D eigenvalue weighted by Gasteiger charge is -2.58. The van der Waals surface area contributed by atoms with Crippen LogP contribution in [0, 0.1) is 23.2 Å². The van der Waals surface area contributed by atoms with Crippen molar-refractivity contribution in [2.24, 2.45) is 23.2 Å². The number of rotatable bonds is 8. The minimum absolute atomic E-state index is 0.0276. The fourth-order valence-electron chi connectivity index (χ4n) is 8.03. The molecule has 4 fully saturated rings. The molecule has 0 radical (unpaired) electrons. The zero-order valence-electron chi connectivity index (χ0n) is 23.9. The molecule has 7 rings (SSSR count). The SMILES string of the molecule is CC(C)OC(=O)C(NC(=O)c1ccc2ccccc2c1OCc1ccc(C(F)(F)F)cc1)C12CC3CC(CC(C3)C1)C2. The highest BCUT2D eigenvalue weighted by atomic mass is 19.4. The van der Waals surface area contributed by atoms with Gasteiger partial charge in [-0.2, -0.15) is 13.2 Å². The first-order valence-corrected chi connectivity index (χ1v) is 14.8. The number of alkyl halides is 3. The number of carbonyl (C=O) groups is 2. The van der Waals surface area contributed by atoms with Gasteiger partial charge in [0.15, 0.2) is 0 Å². The van der Waals surface area contributed by atoms with Crippen molar-refractivity contribution in [2.75, 3.05) is 0 Å². The number of ether oxygens (including phenoxy) is 2. The van der Waals surface area contributed by atoms with Crippen molar-refractivity contribution in [1.82, 2.24) is 5.32 Å². The molecule has 222 valence electrons. The van der Waals surface area contributed by atoms with Crippen LogP contribution in [0.25, 0.3) is 10.8 Å². The van der Waals surface area contributed by atoms with Crippen molar-refractivity contribution in [3.63, 3.8) is 0 Å². The molecule has 0 aliphatic heterocycles. The van der Waals surface area contributed by atoms with Crippen LogP contribution in [0.2, 0.25) is 0 Å². The van der Waals surface area contributed by atoms with Gasteiger partial charge in [-0.05, 0) is 99.3 Å². The summed E-state index contributed by atoms with van der Waals surface area (Å²) in [6.45, 7) is 3.60. The number of carbonyl (C=O) groups excluding carboxylic acids is 2. The third kappa shape index (κ3) is 5.60. The molecule has 5 nitrogen and oxygen atoms in total. The second kappa shape index (κ2) is 10.9. The first-order chi connectivity index (χ1) is 20.0. The molecule has 0 saturated heterocycles. The maximum Gasteiger partial charge on any atom is 0.416 e. The van der Waals surface area contributed by atoms with Gasteiger partial charge in [0.05, 0.1) is 17.2 Å². The first kappa shape index (κ1) is 28.6. The monoisotopic (exact) mass is 579 g/mol. The molecule has 1 unspecified atom stereocenters. The van der Waals surface area contributed by atoms with E-state index in [0.717, 1.165) is 36.8 Å². The fourth-order valence-corrected chi connectivity index (χ4v) is 8.03. The number of benzene rings is 3. The van der Waals surface area contributed by atoms with Gasteiger partial charge in [0.25, 0.3) is 5.91 Å². The molecule has 42 heavy (non-hydrogen) atoms. The third-order valence-electron chi connectivity index (χ3n) is 9.35. The molecule has 1 atom stereocenters. The molecule has 3 aromatic rings. The zero-order chi connectivity index (χ0) is 29.6. The van der Waals surface area contributed by atoms with Crippen LogP contribution >= 0.6 is 0 Å². The Kier molecular flexibility index (Phi) is 7.44. The Labute approximate surface area is 243 Å². The maximum atomic E-state index is 14.0. The van der Waals surface area contributed by atoms with Gasteiger partial charge in [-0.15, -0.1) is 0 Å². The summed E-state index contributed by atoms with van der Waals surface area (Å²) in [5, 5.41) is 4.66. The minimum Gasteiger partial charge on any atom is -0.487 e. The van der Waals surface area contributed by atoms with E-state index < -0.39 is 29.7 Å². The number of hydrogen-bond acceptors (Lipinski definition) is 4. The van der Waals surface area contributed by atoms with Crippen molar-refractivity contribution in [3.05, 3.63) is 77.4 Å². The number of amides is 1. The summed E-state index contributed by atoms with van der Waals surface area (Å²) in [4.78, 5) is 27.6. The van der Waals surface area contributed by atoms with Crippen LogP contribution in [0.4, 0.5) is 13.2 Å². The Morgan fingerprint density at radius 2 is 1.52 bits per heavy atom. The fraction of sp³-hybridized carbons (Fsp3) is 0.471. The van der Waals surface area contributed by atoms with E-state index in [-0.39, 0.29) is 23.7 Å². The van der Waals surface area contributed by atoms with Gasteiger partial charge in [-0.1, -0.05) is 42.5 Å². The molecular formula is C34H36F3NO4. The highest BCUT2D eigenvalue weighted by molar-refractivity contribution is 6.05. The highest BCUT2D eigenvalue weighted by Gasteiger charge is 2.57. The van der Waals surface area contributed by atoms with Crippen molar-refractivity contribution >= 4 is 22.6 Å². The highest BCUT2D eigenvalue weighted by Crippen LogP contribution is 2.61. The number of esters is 1. The van der Waals surface area contributed by atoms with Crippen LogP contribution in [0.5, 0.6) is 5.75 Å². The largest absolute Gasteiger partial charge is 0.487 e. The van der Waals surface area contributed by atoms with Crippen LogP contribution in [-0.4, -0.2) is 24.0 Å². The van der Waals surface area contributed by atoms with Crippen LogP contribution in [0.1, 0.15) is 73.9 Å². The standard InChI is InChI=1S/C34H36F3NO4/c1-20(2)42-32(40)30(33-16-22-13-23(17-33)15-24(14-22)18-33)38-31(39)28-12-9-25-5-3-4-6-27(25)29(28)41-19-21-7-10-26(11-8-21)34(35,36)37/h3-12,20,22-24,30H,13-19H2,1-2H3,(H,38,39). The summed E-state index contributed by atoms with van der Waals surface area (Å²) in [6, 6.07) is 15.0. The molecule has 0 aromatic heterocycles.